The summed E-state index contributed by atoms with van der Waals surface area (Å²) in [6, 6.07) is 22.8. The van der Waals surface area contributed by atoms with Crippen LogP contribution in [0.5, 0.6) is 0 Å². The van der Waals surface area contributed by atoms with Gasteiger partial charge in [-0.3, -0.25) is 9.59 Å². The number of Topliss-reactive ketones (excluding diaryl/α,β-unsaturated/α-hetero) is 1. The van der Waals surface area contributed by atoms with Gasteiger partial charge < -0.3 is 10.0 Å². The van der Waals surface area contributed by atoms with Gasteiger partial charge in [-0.05, 0) is 37.0 Å². The van der Waals surface area contributed by atoms with Crippen molar-refractivity contribution in [3.05, 3.63) is 101 Å². The minimum Gasteiger partial charge on any atom is -0.375 e. The van der Waals surface area contributed by atoms with Crippen molar-refractivity contribution in [1.82, 2.24) is 0 Å². The molecule has 4 rings (SSSR count). The van der Waals surface area contributed by atoms with Crippen LogP contribution in [0, 0.1) is 6.92 Å². The molecule has 0 radical (unpaired) electrons. The Morgan fingerprint density at radius 3 is 2.26 bits per heavy atom. The van der Waals surface area contributed by atoms with Gasteiger partial charge >= 0.3 is 0 Å². The average molecular weight is 456 g/mol. The van der Waals surface area contributed by atoms with Gasteiger partial charge in [-0.1, -0.05) is 98.5 Å². The standard InChI is InChI=1S/C30H33NO3/c1-3-4-5-6-9-23-16-18-25(19-17-23)28(32)20-30(34)26-10-7-8-11-27(26)31(29(30)33)21-24-14-12-22(2)13-15-24/h7-8,10-19,34H,3-6,9,20-21H2,1-2H3. The third-order valence-corrected chi connectivity index (χ3v) is 6.71. The van der Waals surface area contributed by atoms with Gasteiger partial charge in [0, 0.05) is 11.1 Å². The molecule has 0 fully saturated rings. The second kappa shape index (κ2) is 10.4. The van der Waals surface area contributed by atoms with Crippen molar-refractivity contribution in [2.75, 3.05) is 4.90 Å². The molecule has 0 spiro atoms. The Balaban J connectivity index is 1.51. The van der Waals surface area contributed by atoms with E-state index in [1.807, 2.05) is 67.6 Å². The topological polar surface area (TPSA) is 57.6 Å². The van der Waals surface area contributed by atoms with E-state index in [2.05, 4.69) is 6.92 Å². The van der Waals surface area contributed by atoms with Crippen LogP contribution < -0.4 is 4.90 Å². The quantitative estimate of drug-likeness (QED) is 0.296. The van der Waals surface area contributed by atoms with Crippen LogP contribution in [0.25, 0.3) is 0 Å². The second-order valence-electron chi connectivity index (χ2n) is 9.36. The molecular formula is C30H33NO3. The molecule has 0 saturated heterocycles. The Bertz CT molecular complexity index is 1150. The van der Waals surface area contributed by atoms with E-state index in [9.17, 15) is 14.7 Å². The van der Waals surface area contributed by atoms with E-state index in [1.165, 1.54) is 24.8 Å². The zero-order valence-corrected chi connectivity index (χ0v) is 20.1. The fourth-order valence-corrected chi connectivity index (χ4v) is 4.66. The van der Waals surface area contributed by atoms with E-state index < -0.39 is 11.5 Å². The summed E-state index contributed by atoms with van der Waals surface area (Å²) in [6.45, 7) is 4.56. The first-order valence-corrected chi connectivity index (χ1v) is 12.2. The van der Waals surface area contributed by atoms with E-state index >= 15 is 0 Å². The fraction of sp³-hybridized carbons (Fsp3) is 0.333. The van der Waals surface area contributed by atoms with Crippen molar-refractivity contribution in [2.24, 2.45) is 0 Å². The number of hydrogen-bond acceptors (Lipinski definition) is 3. The van der Waals surface area contributed by atoms with E-state index in [0.29, 0.717) is 23.4 Å². The van der Waals surface area contributed by atoms with E-state index in [4.69, 9.17) is 0 Å². The zero-order valence-electron chi connectivity index (χ0n) is 20.1. The van der Waals surface area contributed by atoms with Gasteiger partial charge in [0.25, 0.3) is 5.91 Å². The molecule has 1 aliphatic heterocycles. The van der Waals surface area contributed by atoms with Crippen LogP contribution in [0.1, 0.15) is 71.6 Å². The number of carbonyl (C=O) groups is 2. The summed E-state index contributed by atoms with van der Waals surface area (Å²) in [5.74, 6) is -0.685. The Labute approximate surface area is 202 Å². The summed E-state index contributed by atoms with van der Waals surface area (Å²) in [5, 5.41) is 11.5. The Kier molecular flexibility index (Phi) is 7.28. The van der Waals surface area contributed by atoms with Gasteiger partial charge in [0.15, 0.2) is 11.4 Å². The average Bonchev–Trinajstić information content (AvgIpc) is 3.05. The lowest BCUT2D eigenvalue weighted by molar-refractivity contribution is -0.136. The third kappa shape index (κ3) is 4.97. The van der Waals surface area contributed by atoms with Gasteiger partial charge in [0.05, 0.1) is 18.7 Å². The monoisotopic (exact) mass is 455 g/mol. The minimum atomic E-state index is -1.86. The largest absolute Gasteiger partial charge is 0.375 e. The molecule has 3 aromatic carbocycles. The number of hydrogen-bond donors (Lipinski definition) is 1. The SMILES string of the molecule is CCCCCCc1ccc(C(=O)CC2(O)C(=O)N(Cc3ccc(C)cc3)c3ccccc32)cc1. The van der Waals surface area contributed by atoms with Crippen LogP contribution >= 0.6 is 0 Å². The maximum absolute atomic E-state index is 13.5. The molecule has 1 atom stereocenters. The number of amides is 1. The predicted octanol–water partition coefficient (Wildman–Crippen LogP) is 6.13. The molecule has 1 amide bonds. The molecule has 1 N–H and O–H groups in total. The number of para-hydroxylation sites is 1. The van der Waals surface area contributed by atoms with Crippen molar-refractivity contribution in [1.29, 1.82) is 0 Å². The van der Waals surface area contributed by atoms with Crippen LogP contribution in [0.2, 0.25) is 0 Å². The molecule has 4 nitrogen and oxygen atoms in total. The molecule has 1 aliphatic rings. The highest BCUT2D eigenvalue weighted by Crippen LogP contribution is 2.43. The smallest absolute Gasteiger partial charge is 0.264 e. The van der Waals surface area contributed by atoms with Crippen LogP contribution in [-0.2, 0) is 23.4 Å². The number of benzene rings is 3. The normalized spacial score (nSPS) is 17.1. The van der Waals surface area contributed by atoms with Gasteiger partial charge in [-0.25, -0.2) is 0 Å². The Hall–Kier alpha value is -3.24. The molecule has 176 valence electrons. The number of aryl methyl sites for hydroxylation is 2. The number of anilines is 1. The summed E-state index contributed by atoms with van der Waals surface area (Å²) in [7, 11) is 0. The maximum Gasteiger partial charge on any atom is 0.264 e. The van der Waals surface area contributed by atoms with Gasteiger partial charge in [0.1, 0.15) is 0 Å². The molecular weight excluding hydrogens is 422 g/mol. The molecule has 4 heteroatoms. The molecule has 1 heterocycles. The van der Waals surface area contributed by atoms with Gasteiger partial charge in [0.2, 0.25) is 0 Å². The van der Waals surface area contributed by atoms with Crippen LogP contribution in [-0.4, -0.2) is 16.8 Å². The summed E-state index contributed by atoms with van der Waals surface area (Å²) >= 11 is 0. The van der Waals surface area contributed by atoms with Crippen molar-refractivity contribution < 1.29 is 14.7 Å². The molecule has 0 aliphatic carbocycles. The van der Waals surface area contributed by atoms with Gasteiger partial charge in [-0.2, -0.15) is 0 Å². The summed E-state index contributed by atoms with van der Waals surface area (Å²) in [4.78, 5) is 28.2. The number of aliphatic hydroxyl groups is 1. The molecule has 1 unspecified atom stereocenters. The highest BCUT2D eigenvalue weighted by molar-refractivity contribution is 6.10. The molecule has 0 saturated carbocycles. The maximum atomic E-state index is 13.5. The van der Waals surface area contributed by atoms with Crippen LogP contribution in [0.15, 0.2) is 72.8 Å². The number of unbranched alkanes of at least 4 members (excludes halogenated alkanes) is 3. The fourth-order valence-electron chi connectivity index (χ4n) is 4.66. The summed E-state index contributed by atoms with van der Waals surface area (Å²) in [5.41, 5.74) is 3.13. The lowest BCUT2D eigenvalue weighted by Gasteiger charge is -2.23. The number of fused-ring (bicyclic) bond motifs is 1. The zero-order chi connectivity index (χ0) is 24.1. The predicted molar refractivity (Wildman–Crippen MR) is 136 cm³/mol. The molecule has 34 heavy (non-hydrogen) atoms. The highest BCUT2D eigenvalue weighted by Gasteiger charge is 2.50. The van der Waals surface area contributed by atoms with E-state index in [-0.39, 0.29) is 12.2 Å². The lowest BCUT2D eigenvalue weighted by Crippen LogP contribution is -2.41. The first-order chi connectivity index (χ1) is 16.4. The molecule has 0 aromatic heterocycles. The van der Waals surface area contributed by atoms with Crippen molar-refractivity contribution in [3.8, 4) is 0 Å². The first kappa shape index (κ1) is 23.9. The van der Waals surface area contributed by atoms with Gasteiger partial charge in [-0.15, -0.1) is 0 Å². The second-order valence-corrected chi connectivity index (χ2v) is 9.36. The summed E-state index contributed by atoms with van der Waals surface area (Å²) < 4.78 is 0. The third-order valence-electron chi connectivity index (χ3n) is 6.71. The van der Waals surface area contributed by atoms with Crippen molar-refractivity contribution in [2.45, 2.75) is 64.5 Å². The number of rotatable bonds is 10. The molecule has 3 aromatic rings. The highest BCUT2D eigenvalue weighted by atomic mass is 16.3. The van der Waals surface area contributed by atoms with E-state index in [0.717, 1.165) is 24.0 Å². The Morgan fingerprint density at radius 2 is 1.56 bits per heavy atom. The lowest BCUT2D eigenvalue weighted by atomic mass is 9.88. The number of nitrogens with zero attached hydrogens (tertiary/aromatic N) is 1. The number of ketones is 1. The molecule has 0 bridgehead atoms. The van der Waals surface area contributed by atoms with Crippen LogP contribution in [0.3, 0.4) is 0 Å². The first-order valence-electron chi connectivity index (χ1n) is 12.2. The minimum absolute atomic E-state index is 0.236. The number of carbonyl (C=O) groups excluding carboxylic acids is 2. The van der Waals surface area contributed by atoms with Crippen molar-refractivity contribution in [3.63, 3.8) is 0 Å². The Morgan fingerprint density at radius 1 is 0.882 bits per heavy atom. The summed E-state index contributed by atoms with van der Waals surface area (Å²) in [6.07, 6.45) is 5.53. The van der Waals surface area contributed by atoms with E-state index in [1.54, 1.807) is 17.0 Å². The van der Waals surface area contributed by atoms with Crippen molar-refractivity contribution >= 4 is 17.4 Å². The van der Waals surface area contributed by atoms with Crippen LogP contribution in [0.4, 0.5) is 5.69 Å².